The molecule has 1 aromatic carbocycles. The lowest BCUT2D eigenvalue weighted by Crippen LogP contribution is -2.04. The Bertz CT molecular complexity index is 332. The number of carboxylic acids is 1. The van der Waals surface area contributed by atoms with E-state index in [4.69, 9.17) is 5.11 Å². The molecule has 0 fully saturated rings. The standard InChI is InChI=1S/C10H12O2S/c1-6(2)9-7(10(11)12)4-3-5-8(9)13/h3-6,13H,1-2H3,(H,11,12). The van der Waals surface area contributed by atoms with Crippen LogP contribution >= 0.6 is 12.6 Å². The Hall–Kier alpha value is -0.960. The molecular formula is C10H12O2S. The number of aromatic carboxylic acids is 1. The van der Waals surface area contributed by atoms with Crippen molar-refractivity contribution in [2.45, 2.75) is 24.7 Å². The van der Waals surface area contributed by atoms with Crippen LogP contribution in [0.25, 0.3) is 0 Å². The van der Waals surface area contributed by atoms with Gasteiger partial charge in [0, 0.05) is 4.90 Å². The summed E-state index contributed by atoms with van der Waals surface area (Å²) >= 11 is 4.24. The lowest BCUT2D eigenvalue weighted by molar-refractivity contribution is 0.0695. The lowest BCUT2D eigenvalue weighted by Gasteiger charge is -2.11. The number of hydrogen-bond donors (Lipinski definition) is 2. The zero-order valence-corrected chi connectivity index (χ0v) is 8.51. The summed E-state index contributed by atoms with van der Waals surface area (Å²) in [7, 11) is 0. The average molecular weight is 196 g/mol. The van der Waals surface area contributed by atoms with Crippen molar-refractivity contribution in [2.75, 3.05) is 0 Å². The van der Waals surface area contributed by atoms with E-state index in [1.807, 2.05) is 19.9 Å². The molecule has 0 saturated carbocycles. The normalized spacial score (nSPS) is 10.5. The smallest absolute Gasteiger partial charge is 0.336 e. The second kappa shape index (κ2) is 3.83. The Kier molecular flexibility index (Phi) is 2.98. The Morgan fingerprint density at radius 1 is 1.46 bits per heavy atom. The first-order valence-electron chi connectivity index (χ1n) is 4.09. The zero-order chi connectivity index (χ0) is 10.0. The van der Waals surface area contributed by atoms with Crippen molar-refractivity contribution in [3.63, 3.8) is 0 Å². The van der Waals surface area contributed by atoms with Gasteiger partial charge < -0.3 is 5.11 Å². The maximum Gasteiger partial charge on any atom is 0.336 e. The quantitative estimate of drug-likeness (QED) is 0.714. The summed E-state index contributed by atoms with van der Waals surface area (Å²) < 4.78 is 0. The van der Waals surface area contributed by atoms with Gasteiger partial charge in [0.15, 0.2) is 0 Å². The van der Waals surface area contributed by atoms with Crippen LogP contribution in [-0.4, -0.2) is 11.1 Å². The first kappa shape index (κ1) is 10.1. The summed E-state index contributed by atoms with van der Waals surface area (Å²) in [6.07, 6.45) is 0. The van der Waals surface area contributed by atoms with Gasteiger partial charge in [-0.25, -0.2) is 4.79 Å². The highest BCUT2D eigenvalue weighted by molar-refractivity contribution is 7.80. The van der Waals surface area contributed by atoms with E-state index in [0.717, 1.165) is 10.5 Å². The van der Waals surface area contributed by atoms with Crippen LogP contribution in [0.4, 0.5) is 0 Å². The molecular weight excluding hydrogens is 184 g/mol. The van der Waals surface area contributed by atoms with Crippen LogP contribution < -0.4 is 0 Å². The third-order valence-electron chi connectivity index (χ3n) is 1.89. The highest BCUT2D eigenvalue weighted by atomic mass is 32.1. The van der Waals surface area contributed by atoms with Crippen LogP contribution in [0, 0.1) is 0 Å². The number of carboxylic acid groups (broad SMARTS) is 1. The molecule has 0 atom stereocenters. The summed E-state index contributed by atoms with van der Waals surface area (Å²) in [5.74, 6) is -0.709. The highest BCUT2D eigenvalue weighted by Gasteiger charge is 2.14. The Morgan fingerprint density at radius 2 is 2.08 bits per heavy atom. The van der Waals surface area contributed by atoms with E-state index in [0.29, 0.717) is 5.56 Å². The third kappa shape index (κ3) is 2.04. The van der Waals surface area contributed by atoms with Crippen LogP contribution in [0.15, 0.2) is 23.1 Å². The zero-order valence-electron chi connectivity index (χ0n) is 7.61. The summed E-state index contributed by atoms with van der Waals surface area (Å²) in [5.41, 5.74) is 1.15. The van der Waals surface area contributed by atoms with Crippen LogP contribution in [0.5, 0.6) is 0 Å². The maximum absolute atomic E-state index is 10.8. The Labute approximate surface area is 83.0 Å². The van der Waals surface area contributed by atoms with Crippen LogP contribution in [0.1, 0.15) is 35.7 Å². The minimum Gasteiger partial charge on any atom is -0.478 e. The summed E-state index contributed by atoms with van der Waals surface area (Å²) in [5, 5.41) is 8.91. The molecule has 0 heterocycles. The second-order valence-electron chi connectivity index (χ2n) is 3.20. The predicted octanol–water partition coefficient (Wildman–Crippen LogP) is 2.80. The van der Waals surface area contributed by atoms with E-state index >= 15 is 0 Å². The summed E-state index contributed by atoms with van der Waals surface area (Å²) in [6.45, 7) is 3.92. The van der Waals surface area contributed by atoms with E-state index in [1.165, 1.54) is 0 Å². The SMILES string of the molecule is CC(C)c1c(S)cccc1C(=O)O. The highest BCUT2D eigenvalue weighted by Crippen LogP contribution is 2.26. The van der Waals surface area contributed by atoms with E-state index in [-0.39, 0.29) is 5.92 Å². The first-order valence-corrected chi connectivity index (χ1v) is 4.54. The van der Waals surface area contributed by atoms with Gasteiger partial charge in [-0.05, 0) is 23.6 Å². The van der Waals surface area contributed by atoms with Gasteiger partial charge in [-0.3, -0.25) is 0 Å². The number of benzene rings is 1. The van der Waals surface area contributed by atoms with E-state index < -0.39 is 5.97 Å². The minimum absolute atomic E-state index is 0.180. The lowest BCUT2D eigenvalue weighted by atomic mass is 9.97. The van der Waals surface area contributed by atoms with Crippen molar-refractivity contribution in [1.29, 1.82) is 0 Å². The van der Waals surface area contributed by atoms with Crippen molar-refractivity contribution in [3.8, 4) is 0 Å². The van der Waals surface area contributed by atoms with Crippen molar-refractivity contribution in [3.05, 3.63) is 29.3 Å². The molecule has 70 valence electrons. The van der Waals surface area contributed by atoms with Crippen LogP contribution in [0.3, 0.4) is 0 Å². The monoisotopic (exact) mass is 196 g/mol. The van der Waals surface area contributed by atoms with E-state index in [2.05, 4.69) is 12.6 Å². The Balaban J connectivity index is 3.34. The van der Waals surface area contributed by atoms with Gasteiger partial charge >= 0.3 is 5.97 Å². The fourth-order valence-corrected chi connectivity index (χ4v) is 1.81. The molecule has 0 aliphatic heterocycles. The number of rotatable bonds is 2. The van der Waals surface area contributed by atoms with Crippen molar-refractivity contribution in [2.24, 2.45) is 0 Å². The molecule has 0 radical (unpaired) electrons. The van der Waals surface area contributed by atoms with Gasteiger partial charge in [-0.15, -0.1) is 12.6 Å². The largest absolute Gasteiger partial charge is 0.478 e. The molecule has 0 aliphatic carbocycles. The molecule has 0 aromatic heterocycles. The fraction of sp³-hybridized carbons (Fsp3) is 0.300. The number of thiol groups is 1. The molecule has 3 heteroatoms. The first-order chi connectivity index (χ1) is 6.04. The Morgan fingerprint density at radius 3 is 2.46 bits per heavy atom. The predicted molar refractivity (Wildman–Crippen MR) is 54.7 cm³/mol. The number of hydrogen-bond acceptors (Lipinski definition) is 2. The van der Waals surface area contributed by atoms with Crippen molar-refractivity contribution < 1.29 is 9.90 Å². The van der Waals surface area contributed by atoms with Gasteiger partial charge in [0.2, 0.25) is 0 Å². The van der Waals surface area contributed by atoms with Crippen molar-refractivity contribution >= 4 is 18.6 Å². The van der Waals surface area contributed by atoms with Gasteiger partial charge in [0.05, 0.1) is 5.56 Å². The molecule has 1 rings (SSSR count). The average Bonchev–Trinajstić information content (AvgIpc) is 2.02. The molecule has 13 heavy (non-hydrogen) atoms. The molecule has 1 N–H and O–H groups in total. The van der Waals surface area contributed by atoms with Gasteiger partial charge in [0.25, 0.3) is 0 Å². The number of carbonyl (C=O) groups is 1. The summed E-state index contributed by atoms with van der Waals surface area (Å²) in [4.78, 5) is 11.6. The second-order valence-corrected chi connectivity index (χ2v) is 3.68. The van der Waals surface area contributed by atoms with E-state index in [9.17, 15) is 4.79 Å². The molecule has 2 nitrogen and oxygen atoms in total. The minimum atomic E-state index is -0.889. The van der Waals surface area contributed by atoms with Gasteiger partial charge in [-0.2, -0.15) is 0 Å². The van der Waals surface area contributed by atoms with Gasteiger partial charge in [0.1, 0.15) is 0 Å². The topological polar surface area (TPSA) is 37.3 Å². The third-order valence-corrected chi connectivity index (χ3v) is 2.28. The molecule has 0 unspecified atom stereocenters. The summed E-state index contributed by atoms with van der Waals surface area (Å²) in [6, 6.07) is 5.12. The maximum atomic E-state index is 10.8. The van der Waals surface area contributed by atoms with Crippen molar-refractivity contribution in [1.82, 2.24) is 0 Å². The molecule has 0 bridgehead atoms. The molecule has 0 saturated heterocycles. The van der Waals surface area contributed by atoms with Gasteiger partial charge in [-0.1, -0.05) is 19.9 Å². The molecule has 0 aliphatic rings. The van der Waals surface area contributed by atoms with Crippen LogP contribution in [-0.2, 0) is 0 Å². The van der Waals surface area contributed by atoms with E-state index in [1.54, 1.807) is 12.1 Å². The molecule has 1 aromatic rings. The molecule has 0 spiro atoms. The van der Waals surface area contributed by atoms with Crippen LogP contribution in [0.2, 0.25) is 0 Å². The molecule has 0 amide bonds. The fourth-order valence-electron chi connectivity index (χ4n) is 1.35.